The monoisotopic (exact) mass is 664 g/mol. The van der Waals surface area contributed by atoms with E-state index in [1.165, 1.54) is 0 Å². The number of nitrogens with one attached hydrogen (secondary N) is 1. The lowest BCUT2D eigenvalue weighted by Crippen LogP contribution is -2.37. The van der Waals surface area contributed by atoms with Gasteiger partial charge in [0.15, 0.2) is 0 Å². The zero-order chi connectivity index (χ0) is 33.9. The number of fused-ring (bicyclic) bond motifs is 1. The summed E-state index contributed by atoms with van der Waals surface area (Å²) < 4.78 is 14.0. The summed E-state index contributed by atoms with van der Waals surface area (Å²) >= 11 is 7.91. The lowest BCUT2D eigenvalue weighted by atomic mass is 9.88. The van der Waals surface area contributed by atoms with Crippen molar-refractivity contribution in [1.82, 2.24) is 9.88 Å². The van der Waals surface area contributed by atoms with E-state index in [1.807, 2.05) is 93.6 Å². The Labute approximate surface area is 281 Å². The first kappa shape index (κ1) is 35.2. The maximum Gasteiger partial charge on any atom is 0.408 e. The number of aliphatic carboxylic acids is 1. The molecule has 1 amide bonds. The predicted octanol–water partition coefficient (Wildman–Crippen LogP) is 9.53. The quantitative estimate of drug-likeness (QED) is 0.155. The zero-order valence-electron chi connectivity index (χ0n) is 27.9. The van der Waals surface area contributed by atoms with E-state index in [1.54, 1.807) is 25.6 Å². The number of alkyl carbamates (subject to hydrolysis) is 1. The van der Waals surface area contributed by atoms with Crippen molar-refractivity contribution in [2.24, 2.45) is 5.41 Å². The van der Waals surface area contributed by atoms with Crippen molar-refractivity contribution in [2.45, 2.75) is 89.6 Å². The average Bonchev–Trinajstić information content (AvgIpc) is 3.21. The molecule has 1 heterocycles. The summed E-state index contributed by atoms with van der Waals surface area (Å²) in [7, 11) is 0. The van der Waals surface area contributed by atoms with Gasteiger partial charge in [0.1, 0.15) is 18.0 Å². The van der Waals surface area contributed by atoms with E-state index >= 15 is 0 Å². The van der Waals surface area contributed by atoms with Gasteiger partial charge in [-0.2, -0.15) is 0 Å². The standard InChI is InChI=1S/C37H45ClN2O5S/c1-35(2,3)45-34(43)39-29(25-12-10-9-11-13-25)23-44-27-18-19-30-28(20-27)32(46-36(4,5)6)31(21-37(7,8)33(41)42)40(30)22-24-14-16-26(38)17-15-24/h9-20,29H,21-23H2,1-8H3,(H,39,43)(H,41,42). The molecule has 246 valence electrons. The van der Waals surface area contributed by atoms with Crippen LogP contribution in [0.3, 0.4) is 0 Å². The number of carboxylic acid groups (broad SMARTS) is 1. The molecule has 0 bridgehead atoms. The molecule has 46 heavy (non-hydrogen) atoms. The fourth-order valence-corrected chi connectivity index (χ4v) is 6.34. The second-order valence-electron chi connectivity index (χ2n) is 14.2. The summed E-state index contributed by atoms with van der Waals surface area (Å²) in [6, 6.07) is 22.9. The van der Waals surface area contributed by atoms with Gasteiger partial charge in [0.25, 0.3) is 0 Å². The van der Waals surface area contributed by atoms with Crippen molar-refractivity contribution in [3.05, 3.63) is 94.6 Å². The van der Waals surface area contributed by atoms with E-state index in [-0.39, 0.29) is 11.4 Å². The van der Waals surface area contributed by atoms with Crippen molar-refractivity contribution in [2.75, 3.05) is 6.61 Å². The molecule has 0 saturated heterocycles. The molecule has 0 aliphatic heterocycles. The Hall–Kier alpha value is -3.62. The number of rotatable bonds is 11. The normalized spacial score (nSPS) is 13.0. The van der Waals surface area contributed by atoms with E-state index in [0.29, 0.717) is 23.7 Å². The number of nitrogens with zero attached hydrogens (tertiary/aromatic N) is 1. The van der Waals surface area contributed by atoms with Gasteiger partial charge in [0, 0.05) is 44.2 Å². The van der Waals surface area contributed by atoms with Gasteiger partial charge in [-0.05, 0) is 76.1 Å². The highest BCUT2D eigenvalue weighted by atomic mass is 35.5. The fraction of sp³-hybridized carbons (Fsp3) is 0.405. The number of ether oxygens (including phenoxy) is 2. The highest BCUT2D eigenvalue weighted by Gasteiger charge is 2.33. The first-order chi connectivity index (χ1) is 21.4. The average molecular weight is 665 g/mol. The van der Waals surface area contributed by atoms with E-state index in [2.05, 4.69) is 30.7 Å². The van der Waals surface area contributed by atoms with Gasteiger partial charge < -0.3 is 24.5 Å². The minimum absolute atomic E-state index is 0.145. The smallest absolute Gasteiger partial charge is 0.408 e. The van der Waals surface area contributed by atoms with Crippen molar-refractivity contribution in [1.29, 1.82) is 0 Å². The number of aromatic nitrogens is 1. The molecular formula is C37H45ClN2O5S. The van der Waals surface area contributed by atoms with Crippen LogP contribution in [0.25, 0.3) is 10.9 Å². The van der Waals surface area contributed by atoms with Gasteiger partial charge in [-0.15, -0.1) is 11.8 Å². The second kappa shape index (κ2) is 14.0. The number of amides is 1. The van der Waals surface area contributed by atoms with Crippen LogP contribution in [0.15, 0.2) is 77.7 Å². The van der Waals surface area contributed by atoms with Gasteiger partial charge in [-0.1, -0.05) is 74.8 Å². The molecule has 0 radical (unpaired) electrons. The van der Waals surface area contributed by atoms with E-state index in [9.17, 15) is 14.7 Å². The zero-order valence-corrected chi connectivity index (χ0v) is 29.5. The van der Waals surface area contributed by atoms with Crippen LogP contribution < -0.4 is 10.1 Å². The molecule has 0 fully saturated rings. The molecule has 2 N–H and O–H groups in total. The van der Waals surface area contributed by atoms with Crippen molar-refractivity contribution >= 4 is 46.3 Å². The van der Waals surface area contributed by atoms with Crippen LogP contribution in [-0.2, 0) is 22.5 Å². The Bertz CT molecular complexity index is 1670. The van der Waals surface area contributed by atoms with Gasteiger partial charge in [-0.25, -0.2) is 4.79 Å². The molecule has 1 atom stereocenters. The van der Waals surface area contributed by atoms with Crippen LogP contribution in [-0.4, -0.2) is 38.7 Å². The number of benzene rings is 3. The number of carbonyl (C=O) groups excluding carboxylic acids is 1. The molecule has 1 aromatic heterocycles. The van der Waals surface area contributed by atoms with Crippen LogP contribution in [0.4, 0.5) is 4.79 Å². The second-order valence-corrected chi connectivity index (χ2v) is 16.4. The summed E-state index contributed by atoms with van der Waals surface area (Å²) in [6.45, 7) is 16.2. The summed E-state index contributed by atoms with van der Waals surface area (Å²) in [5.41, 5.74) is 2.27. The van der Waals surface area contributed by atoms with Gasteiger partial charge >= 0.3 is 12.1 Å². The lowest BCUT2D eigenvalue weighted by molar-refractivity contribution is -0.146. The van der Waals surface area contributed by atoms with Gasteiger partial charge in [0.05, 0.1) is 11.5 Å². The number of thioether (sulfide) groups is 1. The number of carboxylic acids is 1. The summed E-state index contributed by atoms with van der Waals surface area (Å²) in [5, 5.41) is 14.7. The Kier molecular flexibility index (Phi) is 10.7. The summed E-state index contributed by atoms with van der Waals surface area (Å²) in [4.78, 5) is 26.1. The first-order valence-corrected chi connectivity index (χ1v) is 16.6. The third-order valence-electron chi connectivity index (χ3n) is 7.25. The summed E-state index contributed by atoms with van der Waals surface area (Å²) in [5.74, 6) is -0.209. The highest BCUT2D eigenvalue weighted by molar-refractivity contribution is 8.00. The molecule has 7 nitrogen and oxygen atoms in total. The Morgan fingerprint density at radius 1 is 0.935 bits per heavy atom. The summed E-state index contributed by atoms with van der Waals surface area (Å²) in [6.07, 6.45) is -0.177. The molecule has 4 rings (SSSR count). The van der Waals surface area contributed by atoms with Crippen LogP contribution in [0.2, 0.25) is 5.02 Å². The number of carbonyl (C=O) groups is 2. The topological polar surface area (TPSA) is 89.8 Å². The number of halogens is 1. The van der Waals surface area contributed by atoms with Crippen molar-refractivity contribution in [3.63, 3.8) is 0 Å². The lowest BCUT2D eigenvalue weighted by Gasteiger charge is -2.24. The van der Waals surface area contributed by atoms with Crippen LogP contribution >= 0.6 is 23.4 Å². The van der Waals surface area contributed by atoms with E-state index in [4.69, 9.17) is 21.1 Å². The minimum Gasteiger partial charge on any atom is -0.491 e. The molecule has 1 unspecified atom stereocenters. The highest BCUT2D eigenvalue weighted by Crippen LogP contribution is 2.44. The van der Waals surface area contributed by atoms with Crippen LogP contribution in [0.1, 0.15) is 78.3 Å². The number of hydrogen-bond acceptors (Lipinski definition) is 5. The number of hydrogen-bond donors (Lipinski definition) is 2. The van der Waals surface area contributed by atoms with Crippen molar-refractivity contribution < 1.29 is 24.2 Å². The first-order valence-electron chi connectivity index (χ1n) is 15.4. The molecule has 3 aromatic carbocycles. The van der Waals surface area contributed by atoms with Crippen LogP contribution in [0.5, 0.6) is 5.75 Å². The minimum atomic E-state index is -0.991. The van der Waals surface area contributed by atoms with E-state index < -0.39 is 29.1 Å². The Balaban J connectivity index is 1.77. The third-order valence-corrected chi connectivity index (χ3v) is 8.78. The molecular weight excluding hydrogens is 620 g/mol. The fourth-order valence-electron chi connectivity index (χ4n) is 5.02. The molecule has 0 spiro atoms. The van der Waals surface area contributed by atoms with E-state index in [0.717, 1.165) is 32.6 Å². The maximum absolute atomic E-state index is 12.7. The third kappa shape index (κ3) is 9.46. The Morgan fingerprint density at radius 2 is 1.59 bits per heavy atom. The SMILES string of the molecule is CC(C)(C)OC(=O)NC(COc1ccc2c(c1)c(SC(C)(C)C)c(CC(C)(C)C(=O)O)n2Cc1ccc(Cl)cc1)c1ccccc1. The van der Waals surface area contributed by atoms with Gasteiger partial charge in [0.2, 0.25) is 0 Å². The molecule has 9 heteroatoms. The van der Waals surface area contributed by atoms with Gasteiger partial charge in [-0.3, -0.25) is 4.79 Å². The molecule has 0 aliphatic rings. The maximum atomic E-state index is 12.7. The molecule has 0 aliphatic carbocycles. The predicted molar refractivity (Wildman–Crippen MR) is 187 cm³/mol. The largest absolute Gasteiger partial charge is 0.491 e. The Morgan fingerprint density at radius 3 is 2.17 bits per heavy atom. The molecule has 0 saturated carbocycles. The molecule has 4 aromatic rings. The van der Waals surface area contributed by atoms with Crippen LogP contribution in [0, 0.1) is 5.41 Å². The van der Waals surface area contributed by atoms with Crippen molar-refractivity contribution in [3.8, 4) is 5.75 Å².